The Bertz CT molecular complexity index is 375. The molecule has 0 spiro atoms. The highest BCUT2D eigenvalue weighted by atomic mass is 16.1. The van der Waals surface area contributed by atoms with Gasteiger partial charge in [0.15, 0.2) is 0 Å². The van der Waals surface area contributed by atoms with E-state index in [1.165, 1.54) is 18.5 Å². The van der Waals surface area contributed by atoms with Gasteiger partial charge in [-0.2, -0.15) is 5.10 Å². The molecule has 0 aliphatic heterocycles. The highest BCUT2D eigenvalue weighted by molar-refractivity contribution is 5.78. The minimum Gasteiger partial charge on any atom is -0.300 e. The van der Waals surface area contributed by atoms with Crippen molar-refractivity contribution in [2.75, 3.05) is 0 Å². The Morgan fingerprint density at radius 2 is 2.27 bits per heavy atom. The van der Waals surface area contributed by atoms with Crippen LogP contribution in [0.3, 0.4) is 0 Å². The average Bonchev–Trinajstić information content (AvgIpc) is 2.88. The van der Waals surface area contributed by atoms with Crippen LogP contribution in [-0.2, 0) is 11.2 Å². The van der Waals surface area contributed by atoms with Crippen LogP contribution in [-0.4, -0.2) is 15.6 Å². The molecule has 1 aliphatic rings. The van der Waals surface area contributed by atoms with Gasteiger partial charge in [0, 0.05) is 30.1 Å². The zero-order chi connectivity index (χ0) is 11.0. The van der Waals surface area contributed by atoms with Crippen LogP contribution in [0.1, 0.15) is 56.8 Å². The number of hydrogen-bond acceptors (Lipinski definition) is 2. The first-order chi connectivity index (χ1) is 7.08. The summed E-state index contributed by atoms with van der Waals surface area (Å²) < 4.78 is 1.98. The monoisotopic (exact) mass is 206 g/mol. The summed E-state index contributed by atoms with van der Waals surface area (Å²) in [4.78, 5) is 11.2. The molecule has 1 fully saturated rings. The summed E-state index contributed by atoms with van der Waals surface area (Å²) in [6.45, 7) is 5.87. The van der Waals surface area contributed by atoms with E-state index in [9.17, 15) is 4.79 Å². The lowest BCUT2D eigenvalue weighted by Crippen LogP contribution is -2.01. The van der Waals surface area contributed by atoms with Crippen molar-refractivity contribution in [3.05, 3.63) is 17.5 Å². The number of rotatable bonds is 4. The molecular weight excluding hydrogens is 188 g/mol. The summed E-state index contributed by atoms with van der Waals surface area (Å²) in [5.74, 6) is 0.847. The van der Waals surface area contributed by atoms with Crippen molar-refractivity contribution in [2.24, 2.45) is 0 Å². The van der Waals surface area contributed by atoms with Gasteiger partial charge in [0.25, 0.3) is 0 Å². The number of ketones is 1. The molecule has 1 heterocycles. The second kappa shape index (κ2) is 3.80. The van der Waals surface area contributed by atoms with Gasteiger partial charge in [0.2, 0.25) is 0 Å². The molecule has 0 amide bonds. The lowest BCUT2D eigenvalue weighted by molar-refractivity contribution is -0.116. The fourth-order valence-corrected chi connectivity index (χ4v) is 1.81. The number of carbonyl (C=O) groups is 1. The number of nitrogens with zero attached hydrogens (tertiary/aromatic N) is 2. The van der Waals surface area contributed by atoms with Gasteiger partial charge in [0.1, 0.15) is 5.78 Å². The third-order valence-corrected chi connectivity index (χ3v) is 2.77. The smallest absolute Gasteiger partial charge is 0.134 e. The second-order valence-electron chi connectivity index (χ2n) is 4.77. The molecule has 0 radical (unpaired) electrons. The number of Topliss-reactive ketones (excluding diaryl/α,β-unsaturated/α-hetero) is 1. The lowest BCUT2D eigenvalue weighted by Gasteiger charge is -2.03. The summed E-state index contributed by atoms with van der Waals surface area (Å²) >= 11 is 0. The molecule has 1 saturated carbocycles. The van der Waals surface area contributed by atoms with Gasteiger partial charge >= 0.3 is 0 Å². The van der Waals surface area contributed by atoms with E-state index in [0.717, 1.165) is 5.56 Å². The van der Waals surface area contributed by atoms with Gasteiger partial charge in [-0.1, -0.05) is 0 Å². The van der Waals surface area contributed by atoms with E-state index in [2.05, 4.69) is 18.9 Å². The summed E-state index contributed by atoms with van der Waals surface area (Å²) in [6, 6.07) is 0.378. The van der Waals surface area contributed by atoms with Crippen molar-refractivity contribution in [3.63, 3.8) is 0 Å². The first-order valence-corrected chi connectivity index (χ1v) is 5.65. The fraction of sp³-hybridized carbons (Fsp3) is 0.667. The second-order valence-corrected chi connectivity index (χ2v) is 4.77. The molecule has 15 heavy (non-hydrogen) atoms. The Balaban J connectivity index is 2.28. The topological polar surface area (TPSA) is 34.9 Å². The molecule has 1 aromatic heterocycles. The van der Waals surface area contributed by atoms with Gasteiger partial charge in [-0.05, 0) is 33.6 Å². The van der Waals surface area contributed by atoms with Crippen molar-refractivity contribution in [1.29, 1.82) is 0 Å². The maximum absolute atomic E-state index is 11.2. The Morgan fingerprint density at radius 3 is 2.73 bits per heavy atom. The molecule has 0 saturated heterocycles. The van der Waals surface area contributed by atoms with Crippen LogP contribution in [0.25, 0.3) is 0 Å². The van der Waals surface area contributed by atoms with E-state index in [1.54, 1.807) is 6.92 Å². The van der Waals surface area contributed by atoms with E-state index in [4.69, 9.17) is 0 Å². The van der Waals surface area contributed by atoms with Crippen molar-refractivity contribution in [3.8, 4) is 0 Å². The Labute approximate surface area is 90.5 Å². The van der Waals surface area contributed by atoms with Gasteiger partial charge in [-0.3, -0.25) is 9.48 Å². The molecule has 2 rings (SSSR count). The molecule has 0 bridgehead atoms. The Hall–Kier alpha value is -1.12. The van der Waals surface area contributed by atoms with Crippen LogP contribution in [0.5, 0.6) is 0 Å². The Morgan fingerprint density at radius 1 is 1.60 bits per heavy atom. The van der Waals surface area contributed by atoms with Crippen LogP contribution < -0.4 is 0 Å². The first kappa shape index (κ1) is 10.4. The predicted molar refractivity (Wildman–Crippen MR) is 59.0 cm³/mol. The van der Waals surface area contributed by atoms with E-state index in [0.29, 0.717) is 18.4 Å². The van der Waals surface area contributed by atoms with Crippen LogP contribution in [0, 0.1) is 0 Å². The summed E-state index contributed by atoms with van der Waals surface area (Å²) in [6.07, 6.45) is 5.05. The minimum atomic E-state index is 0.222. The maximum Gasteiger partial charge on any atom is 0.134 e. The van der Waals surface area contributed by atoms with Crippen LogP contribution in [0.15, 0.2) is 6.20 Å². The van der Waals surface area contributed by atoms with Crippen LogP contribution in [0.4, 0.5) is 0 Å². The van der Waals surface area contributed by atoms with Gasteiger partial charge in [-0.25, -0.2) is 0 Å². The molecule has 0 N–H and O–H groups in total. The molecule has 3 heteroatoms. The third-order valence-electron chi connectivity index (χ3n) is 2.77. The van der Waals surface area contributed by atoms with Crippen LogP contribution in [0.2, 0.25) is 0 Å². The summed E-state index contributed by atoms with van der Waals surface area (Å²) in [5.41, 5.74) is 2.30. The average molecular weight is 206 g/mol. The lowest BCUT2D eigenvalue weighted by atomic mass is 10.1. The standard InChI is InChI=1S/C12H18N2O/c1-8(2)14-7-11(6-9(3)15)12(13-14)10-4-5-10/h7-8,10H,4-6H2,1-3H3. The maximum atomic E-state index is 11.2. The fourth-order valence-electron chi connectivity index (χ4n) is 1.81. The number of carbonyl (C=O) groups excluding carboxylic acids is 1. The van der Waals surface area contributed by atoms with E-state index in [-0.39, 0.29) is 5.78 Å². The van der Waals surface area contributed by atoms with Crippen molar-refractivity contribution >= 4 is 5.78 Å². The largest absolute Gasteiger partial charge is 0.300 e. The number of aromatic nitrogens is 2. The van der Waals surface area contributed by atoms with Gasteiger partial charge < -0.3 is 0 Å². The van der Waals surface area contributed by atoms with Gasteiger partial charge in [0.05, 0.1) is 5.69 Å². The molecule has 1 aliphatic carbocycles. The van der Waals surface area contributed by atoms with E-state index in [1.807, 2.05) is 10.9 Å². The molecule has 0 atom stereocenters. The molecular formula is C12H18N2O. The zero-order valence-electron chi connectivity index (χ0n) is 9.66. The SMILES string of the molecule is CC(=O)Cc1cn(C(C)C)nc1C1CC1. The molecule has 82 valence electrons. The molecule has 1 aromatic rings. The number of hydrogen-bond donors (Lipinski definition) is 0. The Kier molecular flexibility index (Phi) is 2.63. The molecule has 3 nitrogen and oxygen atoms in total. The van der Waals surface area contributed by atoms with Crippen molar-refractivity contribution in [1.82, 2.24) is 9.78 Å². The summed E-state index contributed by atoms with van der Waals surface area (Å²) in [7, 11) is 0. The highest BCUT2D eigenvalue weighted by Gasteiger charge is 2.29. The predicted octanol–water partition coefficient (Wildman–Crippen LogP) is 2.47. The summed E-state index contributed by atoms with van der Waals surface area (Å²) in [5, 5.41) is 4.59. The quantitative estimate of drug-likeness (QED) is 0.758. The van der Waals surface area contributed by atoms with Gasteiger partial charge in [-0.15, -0.1) is 0 Å². The van der Waals surface area contributed by atoms with Crippen molar-refractivity contribution < 1.29 is 4.79 Å². The molecule has 0 unspecified atom stereocenters. The van der Waals surface area contributed by atoms with Crippen molar-refractivity contribution in [2.45, 2.75) is 52.0 Å². The molecule has 0 aromatic carbocycles. The van der Waals surface area contributed by atoms with E-state index >= 15 is 0 Å². The minimum absolute atomic E-state index is 0.222. The van der Waals surface area contributed by atoms with E-state index < -0.39 is 0 Å². The first-order valence-electron chi connectivity index (χ1n) is 5.65. The third kappa shape index (κ3) is 2.28. The highest BCUT2D eigenvalue weighted by Crippen LogP contribution is 2.41. The zero-order valence-corrected chi connectivity index (χ0v) is 9.66. The van der Waals surface area contributed by atoms with Crippen LogP contribution >= 0.6 is 0 Å². The normalized spacial score (nSPS) is 16.0.